The molecule has 2 bridgehead atoms. The van der Waals surface area contributed by atoms with Gasteiger partial charge in [-0.05, 0) is 63.3 Å². The molecule has 7 atom stereocenters. The van der Waals surface area contributed by atoms with Gasteiger partial charge in [-0.3, -0.25) is 9.59 Å². The average molecular weight is 607 g/mol. The molecule has 3 aliphatic rings. The van der Waals surface area contributed by atoms with Crippen LogP contribution in [0.2, 0.25) is 0 Å². The number of carbonyl (C=O) groups is 4. The van der Waals surface area contributed by atoms with Gasteiger partial charge < -0.3 is 28.8 Å². The van der Waals surface area contributed by atoms with Gasteiger partial charge in [-0.15, -0.1) is 0 Å². The van der Waals surface area contributed by atoms with Gasteiger partial charge in [0.2, 0.25) is 5.60 Å². The van der Waals surface area contributed by atoms with Crippen molar-refractivity contribution in [2.75, 3.05) is 0 Å². The van der Waals surface area contributed by atoms with Crippen molar-refractivity contribution in [2.45, 2.75) is 94.6 Å². The highest BCUT2D eigenvalue weighted by atomic mass is 16.7. The smallest absolute Gasteiger partial charge is 0.338 e. The molecule has 234 valence electrons. The largest absolute Gasteiger partial charge is 0.458 e. The molecule has 1 heterocycles. The Morgan fingerprint density at radius 1 is 0.864 bits per heavy atom. The second-order valence-corrected chi connectivity index (χ2v) is 12.5. The van der Waals surface area contributed by atoms with Crippen molar-refractivity contribution in [3.63, 3.8) is 0 Å². The van der Waals surface area contributed by atoms with E-state index in [0.29, 0.717) is 0 Å². The summed E-state index contributed by atoms with van der Waals surface area (Å²) in [6.45, 7) is 7.57. The number of benzene rings is 2. The zero-order valence-electron chi connectivity index (χ0n) is 25.5. The summed E-state index contributed by atoms with van der Waals surface area (Å²) in [5.74, 6) is -3.28. The van der Waals surface area contributed by atoms with Crippen LogP contribution in [-0.2, 0) is 38.1 Å². The van der Waals surface area contributed by atoms with E-state index in [9.17, 15) is 24.3 Å². The molecule has 2 aromatic carbocycles. The molecule has 1 aliphatic heterocycles. The topological polar surface area (TPSA) is 135 Å². The summed E-state index contributed by atoms with van der Waals surface area (Å²) in [5.41, 5.74) is -5.53. The molecule has 2 aliphatic carbocycles. The van der Waals surface area contributed by atoms with Gasteiger partial charge in [0.15, 0.2) is 6.10 Å². The van der Waals surface area contributed by atoms with E-state index in [1.807, 2.05) is 44.2 Å². The van der Waals surface area contributed by atoms with Gasteiger partial charge in [-0.25, -0.2) is 9.59 Å². The summed E-state index contributed by atoms with van der Waals surface area (Å²) in [4.78, 5) is 52.4. The van der Waals surface area contributed by atoms with Crippen molar-refractivity contribution in [1.82, 2.24) is 0 Å². The standard InChI is InChI=1S/C34H38O10/c1-21(35)40-26-20-32(5,39)33-19-25(31(3,4)44-33)18-27(41-28(37)17-16-23-12-8-6-9-13-23)34(33,43-22(2)36)29(26)42-30(38)24-14-10-7-11-15-24/h6-17,25-27,29,39H,18-20H2,1-5H3/b17-16+/t25-,26-,27-,29-,32+,33+,34+/m1/s1. The van der Waals surface area contributed by atoms with E-state index < -0.39 is 64.6 Å². The number of fused-ring (bicyclic) bond motifs is 1. The maximum absolute atomic E-state index is 13.6. The zero-order valence-corrected chi connectivity index (χ0v) is 25.5. The van der Waals surface area contributed by atoms with E-state index in [0.717, 1.165) is 5.56 Å². The van der Waals surface area contributed by atoms with Crippen LogP contribution in [0.4, 0.5) is 0 Å². The summed E-state index contributed by atoms with van der Waals surface area (Å²) in [6, 6.07) is 17.3. The molecule has 1 N–H and O–H groups in total. The SMILES string of the molecule is CC(=O)O[C@@H]1C[C@](C)(O)[C@@]23C[C@@H](C[C@@H](OC(=O)/C=C/c4ccccc4)[C@]2(OC(C)=O)[C@@H]1OC(=O)c1ccccc1)C(C)(C)O3. The molecule has 0 radical (unpaired) electrons. The number of esters is 4. The Balaban J connectivity index is 1.68. The van der Waals surface area contributed by atoms with Crippen molar-refractivity contribution < 1.29 is 48.0 Å². The average Bonchev–Trinajstić information content (AvgIpc) is 3.20. The lowest BCUT2D eigenvalue weighted by atomic mass is 9.53. The Bertz CT molecular complexity index is 1450. The van der Waals surface area contributed by atoms with E-state index >= 15 is 0 Å². The van der Waals surface area contributed by atoms with Crippen molar-refractivity contribution in [3.8, 4) is 0 Å². The van der Waals surface area contributed by atoms with Gasteiger partial charge in [-0.1, -0.05) is 48.5 Å². The second kappa shape index (κ2) is 11.5. The number of hydrogen-bond acceptors (Lipinski definition) is 10. The van der Waals surface area contributed by atoms with Crippen LogP contribution in [0.3, 0.4) is 0 Å². The number of rotatable bonds is 7. The quantitative estimate of drug-likeness (QED) is 0.278. The van der Waals surface area contributed by atoms with Crippen molar-refractivity contribution in [1.29, 1.82) is 0 Å². The molecular formula is C34H38O10. The van der Waals surface area contributed by atoms with Gasteiger partial charge in [0, 0.05) is 26.3 Å². The molecule has 44 heavy (non-hydrogen) atoms. The van der Waals surface area contributed by atoms with Crippen LogP contribution in [0.1, 0.15) is 69.8 Å². The maximum atomic E-state index is 13.6. The Hall–Kier alpha value is -4.02. The Labute approximate surface area is 256 Å². The second-order valence-electron chi connectivity index (χ2n) is 12.5. The highest BCUT2D eigenvalue weighted by Gasteiger charge is 2.83. The molecular weight excluding hydrogens is 568 g/mol. The van der Waals surface area contributed by atoms with Crippen molar-refractivity contribution in [3.05, 3.63) is 77.9 Å². The minimum absolute atomic E-state index is 0.148. The fourth-order valence-corrected chi connectivity index (χ4v) is 7.30. The molecule has 5 rings (SSSR count). The lowest BCUT2D eigenvalue weighted by Gasteiger charge is -2.63. The lowest BCUT2D eigenvalue weighted by Crippen LogP contribution is -2.83. The van der Waals surface area contributed by atoms with Crippen molar-refractivity contribution >= 4 is 30.0 Å². The highest BCUT2D eigenvalue weighted by Crippen LogP contribution is 2.65. The predicted molar refractivity (Wildman–Crippen MR) is 157 cm³/mol. The predicted octanol–water partition coefficient (Wildman–Crippen LogP) is 4.18. The van der Waals surface area contributed by atoms with Crippen LogP contribution >= 0.6 is 0 Å². The summed E-state index contributed by atoms with van der Waals surface area (Å²) in [5, 5.41) is 12.2. The maximum Gasteiger partial charge on any atom is 0.338 e. The van der Waals surface area contributed by atoms with Crippen LogP contribution in [0.5, 0.6) is 0 Å². The van der Waals surface area contributed by atoms with Gasteiger partial charge in [0.1, 0.15) is 17.8 Å². The molecule has 0 amide bonds. The number of carbonyl (C=O) groups excluding carboxylic acids is 4. The third kappa shape index (κ3) is 5.41. The summed E-state index contributed by atoms with van der Waals surface area (Å²) < 4.78 is 30.8. The van der Waals surface area contributed by atoms with Crippen LogP contribution < -0.4 is 0 Å². The number of aliphatic hydroxyl groups is 1. The molecule has 3 fully saturated rings. The van der Waals surface area contributed by atoms with E-state index in [-0.39, 0.29) is 30.7 Å². The van der Waals surface area contributed by atoms with Crippen LogP contribution in [0.25, 0.3) is 6.08 Å². The minimum atomic E-state index is -2.11. The molecule has 10 nitrogen and oxygen atoms in total. The van der Waals surface area contributed by atoms with Crippen molar-refractivity contribution in [2.24, 2.45) is 5.92 Å². The van der Waals surface area contributed by atoms with E-state index in [4.69, 9.17) is 23.7 Å². The normalized spacial score (nSPS) is 33.6. The summed E-state index contributed by atoms with van der Waals surface area (Å²) in [7, 11) is 0. The molecule has 1 saturated heterocycles. The Morgan fingerprint density at radius 2 is 1.50 bits per heavy atom. The molecule has 1 spiro atoms. The third-order valence-electron chi connectivity index (χ3n) is 9.13. The Kier molecular flexibility index (Phi) is 8.20. The minimum Gasteiger partial charge on any atom is -0.458 e. The van der Waals surface area contributed by atoms with Crippen LogP contribution in [0, 0.1) is 5.92 Å². The van der Waals surface area contributed by atoms with E-state index in [1.54, 1.807) is 36.4 Å². The molecule has 2 saturated carbocycles. The van der Waals surface area contributed by atoms with Gasteiger partial charge in [0.25, 0.3) is 0 Å². The first kappa shape index (κ1) is 31.4. The first-order valence-corrected chi connectivity index (χ1v) is 14.7. The van der Waals surface area contributed by atoms with E-state index in [1.165, 1.54) is 26.8 Å². The summed E-state index contributed by atoms with van der Waals surface area (Å²) in [6.07, 6.45) is -1.10. The summed E-state index contributed by atoms with van der Waals surface area (Å²) >= 11 is 0. The highest BCUT2D eigenvalue weighted by molar-refractivity contribution is 5.90. The fourth-order valence-electron chi connectivity index (χ4n) is 7.30. The number of hydrogen-bond donors (Lipinski definition) is 1. The third-order valence-corrected chi connectivity index (χ3v) is 9.13. The lowest BCUT2D eigenvalue weighted by molar-refractivity contribution is -0.352. The van der Waals surface area contributed by atoms with Crippen LogP contribution in [0.15, 0.2) is 66.7 Å². The van der Waals surface area contributed by atoms with Crippen LogP contribution in [-0.4, -0.2) is 69.7 Å². The molecule has 0 unspecified atom stereocenters. The molecule has 2 aromatic rings. The Morgan fingerprint density at radius 3 is 2.11 bits per heavy atom. The fraction of sp³-hybridized carbons (Fsp3) is 0.471. The van der Waals surface area contributed by atoms with E-state index in [2.05, 4.69) is 0 Å². The zero-order chi connectivity index (χ0) is 31.9. The molecule has 10 heteroatoms. The molecule has 0 aromatic heterocycles. The van der Waals surface area contributed by atoms with Gasteiger partial charge >= 0.3 is 23.9 Å². The first-order valence-electron chi connectivity index (χ1n) is 14.7. The van der Waals surface area contributed by atoms with Gasteiger partial charge in [-0.2, -0.15) is 0 Å². The van der Waals surface area contributed by atoms with Gasteiger partial charge in [0.05, 0.1) is 16.8 Å². The monoisotopic (exact) mass is 606 g/mol. The number of ether oxygens (including phenoxy) is 5. The first-order chi connectivity index (χ1) is 20.7.